The molecule has 1 saturated heterocycles. The number of ether oxygens (including phenoxy) is 1. The first-order chi connectivity index (χ1) is 12.2. The van der Waals surface area contributed by atoms with E-state index in [1.54, 1.807) is 31.5 Å². The van der Waals surface area contributed by atoms with Crippen LogP contribution in [0, 0.1) is 0 Å². The fraction of sp³-hybridized carbons (Fsp3) is 0.389. The summed E-state index contributed by atoms with van der Waals surface area (Å²) in [7, 11) is 1.57. The van der Waals surface area contributed by atoms with Gasteiger partial charge in [0.1, 0.15) is 11.4 Å². The van der Waals surface area contributed by atoms with Gasteiger partial charge < -0.3 is 19.9 Å². The van der Waals surface area contributed by atoms with Crippen molar-refractivity contribution >= 4 is 17.5 Å². The van der Waals surface area contributed by atoms with Crippen LogP contribution in [0.1, 0.15) is 17.4 Å². The Bertz CT molecular complexity index is 729. The number of benzene rings is 1. The molecular formula is C18H23N5O2. The maximum Gasteiger partial charge on any atom is 0.274 e. The highest BCUT2D eigenvalue weighted by Crippen LogP contribution is 2.23. The standard InChI is InChI=1S/C18H23N5O2/c1-3-22-10-12-23(13-11-22)18-19-9-8-15(21-18)17(24)20-14-6-4-5-7-16(14)25-2/h4-9H,3,10-13H2,1-2H3,(H,20,24). The minimum atomic E-state index is -0.277. The van der Waals surface area contributed by atoms with Crippen molar-refractivity contribution in [3.05, 3.63) is 42.2 Å². The van der Waals surface area contributed by atoms with Gasteiger partial charge in [-0.1, -0.05) is 19.1 Å². The number of hydrogen-bond donors (Lipinski definition) is 1. The first kappa shape index (κ1) is 17.2. The Morgan fingerprint density at radius 2 is 1.96 bits per heavy atom. The van der Waals surface area contributed by atoms with Crippen LogP contribution in [0.5, 0.6) is 5.75 Å². The molecule has 0 aliphatic carbocycles. The van der Waals surface area contributed by atoms with Crippen molar-refractivity contribution in [1.29, 1.82) is 0 Å². The van der Waals surface area contributed by atoms with Gasteiger partial charge in [0.05, 0.1) is 12.8 Å². The Morgan fingerprint density at radius 3 is 2.68 bits per heavy atom. The van der Waals surface area contributed by atoms with Gasteiger partial charge in [-0.15, -0.1) is 0 Å². The molecule has 7 nitrogen and oxygen atoms in total. The molecule has 3 rings (SSSR count). The van der Waals surface area contributed by atoms with Crippen LogP contribution in [-0.2, 0) is 0 Å². The molecule has 0 saturated carbocycles. The van der Waals surface area contributed by atoms with Crippen molar-refractivity contribution in [1.82, 2.24) is 14.9 Å². The quantitative estimate of drug-likeness (QED) is 0.895. The van der Waals surface area contributed by atoms with E-state index in [9.17, 15) is 4.79 Å². The molecule has 132 valence electrons. The van der Waals surface area contributed by atoms with Crippen LogP contribution < -0.4 is 15.0 Å². The van der Waals surface area contributed by atoms with E-state index >= 15 is 0 Å². The lowest BCUT2D eigenvalue weighted by Crippen LogP contribution is -2.46. The molecule has 1 amide bonds. The zero-order chi connectivity index (χ0) is 17.6. The highest BCUT2D eigenvalue weighted by molar-refractivity contribution is 6.03. The molecule has 1 N–H and O–H groups in total. The normalized spacial score (nSPS) is 15.0. The molecule has 0 spiro atoms. The topological polar surface area (TPSA) is 70.6 Å². The number of nitrogens with zero attached hydrogens (tertiary/aromatic N) is 4. The number of para-hydroxylation sites is 2. The van der Waals surface area contributed by atoms with E-state index in [0.717, 1.165) is 32.7 Å². The molecule has 2 aromatic rings. The van der Waals surface area contributed by atoms with Crippen molar-refractivity contribution in [2.45, 2.75) is 6.92 Å². The van der Waals surface area contributed by atoms with Crippen molar-refractivity contribution in [3.63, 3.8) is 0 Å². The number of likely N-dealkylation sites (N-methyl/N-ethyl adjacent to an activating group) is 1. The van der Waals surface area contributed by atoms with Gasteiger partial charge in [-0.3, -0.25) is 4.79 Å². The fourth-order valence-electron chi connectivity index (χ4n) is 2.83. The number of piperazine rings is 1. The summed E-state index contributed by atoms with van der Waals surface area (Å²) in [5.74, 6) is 0.935. The van der Waals surface area contributed by atoms with E-state index in [2.05, 4.69) is 32.0 Å². The summed E-state index contributed by atoms with van der Waals surface area (Å²) in [5, 5.41) is 2.84. The molecule has 1 aromatic heterocycles. The number of hydrogen-bond acceptors (Lipinski definition) is 6. The van der Waals surface area contributed by atoms with E-state index in [0.29, 0.717) is 23.1 Å². The Morgan fingerprint density at radius 1 is 1.20 bits per heavy atom. The summed E-state index contributed by atoms with van der Waals surface area (Å²) in [6.45, 7) is 6.91. The predicted molar refractivity (Wildman–Crippen MR) is 97.3 cm³/mol. The second-order valence-electron chi connectivity index (χ2n) is 5.82. The highest BCUT2D eigenvalue weighted by atomic mass is 16.5. The van der Waals surface area contributed by atoms with Gasteiger partial charge in [-0.25, -0.2) is 9.97 Å². The Kier molecular flexibility index (Phi) is 5.45. The number of carbonyl (C=O) groups excluding carboxylic acids is 1. The van der Waals surface area contributed by atoms with Gasteiger partial charge in [0.2, 0.25) is 5.95 Å². The zero-order valence-corrected chi connectivity index (χ0v) is 14.6. The van der Waals surface area contributed by atoms with Gasteiger partial charge in [-0.05, 0) is 24.7 Å². The largest absolute Gasteiger partial charge is 0.495 e. The van der Waals surface area contributed by atoms with Crippen molar-refractivity contribution in [3.8, 4) is 5.75 Å². The lowest BCUT2D eigenvalue weighted by Gasteiger charge is -2.34. The molecular weight excluding hydrogens is 318 g/mol. The lowest BCUT2D eigenvalue weighted by molar-refractivity contribution is 0.102. The molecule has 0 unspecified atom stereocenters. The fourth-order valence-corrected chi connectivity index (χ4v) is 2.83. The number of amides is 1. The summed E-state index contributed by atoms with van der Waals surface area (Å²) < 4.78 is 5.26. The molecule has 0 bridgehead atoms. The van der Waals surface area contributed by atoms with E-state index in [4.69, 9.17) is 4.74 Å². The number of carbonyl (C=O) groups is 1. The highest BCUT2D eigenvalue weighted by Gasteiger charge is 2.19. The van der Waals surface area contributed by atoms with E-state index in [-0.39, 0.29) is 5.91 Å². The number of nitrogens with one attached hydrogen (secondary N) is 1. The van der Waals surface area contributed by atoms with Crippen LogP contribution in [0.3, 0.4) is 0 Å². The number of methoxy groups -OCH3 is 1. The van der Waals surface area contributed by atoms with Crippen LogP contribution in [0.4, 0.5) is 11.6 Å². The third kappa shape index (κ3) is 4.06. The monoisotopic (exact) mass is 341 g/mol. The summed E-state index contributed by atoms with van der Waals surface area (Å²) in [6, 6.07) is 8.91. The van der Waals surface area contributed by atoms with Gasteiger partial charge in [-0.2, -0.15) is 0 Å². The number of aromatic nitrogens is 2. The van der Waals surface area contributed by atoms with Crippen molar-refractivity contribution in [2.75, 3.05) is 50.1 Å². The summed E-state index contributed by atoms with van der Waals surface area (Å²) in [4.78, 5) is 25.8. The van der Waals surface area contributed by atoms with E-state index in [1.165, 1.54) is 0 Å². The molecule has 2 heterocycles. The Hall–Kier alpha value is -2.67. The maximum absolute atomic E-state index is 12.5. The molecule has 1 aliphatic heterocycles. The molecule has 1 aliphatic rings. The molecule has 7 heteroatoms. The van der Waals surface area contributed by atoms with Crippen LogP contribution in [0.25, 0.3) is 0 Å². The maximum atomic E-state index is 12.5. The Balaban J connectivity index is 1.72. The van der Waals surface area contributed by atoms with Crippen LogP contribution in [0.15, 0.2) is 36.5 Å². The minimum absolute atomic E-state index is 0.277. The molecule has 25 heavy (non-hydrogen) atoms. The lowest BCUT2D eigenvalue weighted by atomic mass is 10.2. The van der Waals surface area contributed by atoms with E-state index < -0.39 is 0 Å². The van der Waals surface area contributed by atoms with Crippen molar-refractivity contribution in [2.24, 2.45) is 0 Å². The average molecular weight is 341 g/mol. The number of anilines is 2. The smallest absolute Gasteiger partial charge is 0.274 e. The first-order valence-corrected chi connectivity index (χ1v) is 8.46. The van der Waals surface area contributed by atoms with Crippen molar-refractivity contribution < 1.29 is 9.53 Å². The second kappa shape index (κ2) is 7.94. The second-order valence-corrected chi connectivity index (χ2v) is 5.82. The van der Waals surface area contributed by atoms with Crippen LogP contribution >= 0.6 is 0 Å². The SMILES string of the molecule is CCN1CCN(c2nccc(C(=O)Nc3ccccc3OC)n2)CC1. The third-order valence-corrected chi connectivity index (χ3v) is 4.33. The average Bonchev–Trinajstić information content (AvgIpc) is 2.68. The molecule has 0 radical (unpaired) electrons. The predicted octanol–water partition coefficient (Wildman–Crippen LogP) is 1.88. The minimum Gasteiger partial charge on any atom is -0.495 e. The van der Waals surface area contributed by atoms with Gasteiger partial charge in [0.15, 0.2) is 0 Å². The van der Waals surface area contributed by atoms with Crippen LogP contribution in [0.2, 0.25) is 0 Å². The van der Waals surface area contributed by atoms with Gasteiger partial charge in [0.25, 0.3) is 5.91 Å². The summed E-state index contributed by atoms with van der Waals surface area (Å²) in [5.41, 5.74) is 0.959. The Labute approximate surface area is 147 Å². The molecule has 1 aromatic carbocycles. The summed E-state index contributed by atoms with van der Waals surface area (Å²) in [6.07, 6.45) is 1.63. The summed E-state index contributed by atoms with van der Waals surface area (Å²) >= 11 is 0. The van der Waals surface area contributed by atoms with E-state index in [1.807, 2.05) is 12.1 Å². The molecule has 0 atom stereocenters. The van der Waals surface area contributed by atoms with Gasteiger partial charge >= 0.3 is 0 Å². The van der Waals surface area contributed by atoms with Gasteiger partial charge in [0, 0.05) is 32.4 Å². The van der Waals surface area contributed by atoms with Crippen LogP contribution in [-0.4, -0.2) is 60.6 Å². The zero-order valence-electron chi connectivity index (χ0n) is 14.6. The first-order valence-electron chi connectivity index (χ1n) is 8.46. The third-order valence-electron chi connectivity index (χ3n) is 4.33. The number of rotatable bonds is 5. The molecule has 1 fully saturated rings.